The maximum Gasteiger partial charge on any atom is 0.244 e. The largest absolute Gasteiger partial charge is 0.333 e. The number of hydrogen-bond acceptors (Lipinski definition) is 2. The third-order valence-corrected chi connectivity index (χ3v) is 3.96. The van der Waals surface area contributed by atoms with Crippen molar-refractivity contribution < 1.29 is 9.59 Å². The Balaban J connectivity index is 1.98. The monoisotopic (exact) mass is 294 g/mol. The van der Waals surface area contributed by atoms with E-state index in [2.05, 4.69) is 5.32 Å². The lowest BCUT2D eigenvalue weighted by molar-refractivity contribution is -0.134. The predicted octanol–water partition coefficient (Wildman–Crippen LogP) is 2.99. The van der Waals surface area contributed by atoms with Crippen LogP contribution in [-0.2, 0) is 9.59 Å². The van der Waals surface area contributed by atoms with Gasteiger partial charge in [0.1, 0.15) is 0 Å². The van der Waals surface area contributed by atoms with Crippen molar-refractivity contribution >= 4 is 29.1 Å². The number of rotatable bonds is 3. The molecule has 0 saturated carbocycles. The molecule has 2 rings (SSSR count). The summed E-state index contributed by atoms with van der Waals surface area (Å²) in [6.45, 7) is 2.64. The fraction of sp³-hybridized carbons (Fsp3) is 0.467. The van der Waals surface area contributed by atoms with Gasteiger partial charge in [0.25, 0.3) is 0 Å². The summed E-state index contributed by atoms with van der Waals surface area (Å²) in [4.78, 5) is 25.5. The molecule has 0 aromatic heterocycles. The average molecular weight is 295 g/mol. The summed E-state index contributed by atoms with van der Waals surface area (Å²) >= 11 is 6.02. The van der Waals surface area contributed by atoms with Gasteiger partial charge in [0.05, 0.1) is 6.54 Å². The van der Waals surface area contributed by atoms with Gasteiger partial charge in [-0.2, -0.15) is 0 Å². The minimum atomic E-state index is -0.175. The molecule has 0 spiro atoms. The number of hydrogen-bond donors (Lipinski definition) is 1. The van der Waals surface area contributed by atoms with Crippen LogP contribution in [0.5, 0.6) is 0 Å². The second-order valence-corrected chi connectivity index (χ2v) is 5.49. The van der Waals surface area contributed by atoms with Crippen LogP contribution >= 0.6 is 11.6 Å². The molecule has 0 aliphatic carbocycles. The first-order chi connectivity index (χ1) is 9.58. The van der Waals surface area contributed by atoms with Gasteiger partial charge in [-0.15, -0.1) is 0 Å². The molecule has 1 N–H and O–H groups in total. The van der Waals surface area contributed by atoms with E-state index in [-0.39, 0.29) is 18.4 Å². The molecular formula is C15H19ClN2O2. The van der Waals surface area contributed by atoms with Gasteiger partial charge in [-0.25, -0.2) is 0 Å². The van der Waals surface area contributed by atoms with Crippen LogP contribution in [0.4, 0.5) is 5.69 Å². The maximum atomic E-state index is 12.1. The van der Waals surface area contributed by atoms with Crippen molar-refractivity contribution in [2.75, 3.05) is 18.4 Å². The van der Waals surface area contributed by atoms with E-state index >= 15 is 0 Å². The fourth-order valence-electron chi connectivity index (χ4n) is 2.31. The van der Waals surface area contributed by atoms with Gasteiger partial charge in [-0.3, -0.25) is 9.59 Å². The van der Waals surface area contributed by atoms with E-state index in [9.17, 15) is 9.59 Å². The zero-order chi connectivity index (χ0) is 14.5. The van der Waals surface area contributed by atoms with Gasteiger partial charge < -0.3 is 10.2 Å². The van der Waals surface area contributed by atoms with Gasteiger partial charge >= 0.3 is 0 Å². The van der Waals surface area contributed by atoms with Crippen molar-refractivity contribution in [1.29, 1.82) is 0 Å². The van der Waals surface area contributed by atoms with Crippen LogP contribution < -0.4 is 5.32 Å². The summed E-state index contributed by atoms with van der Waals surface area (Å²) in [5.74, 6) is -0.105. The number of carbonyl (C=O) groups excluding carboxylic acids is 2. The molecule has 1 aliphatic rings. The van der Waals surface area contributed by atoms with E-state index in [0.717, 1.165) is 24.8 Å². The first-order valence-corrected chi connectivity index (χ1v) is 7.28. The van der Waals surface area contributed by atoms with Gasteiger partial charge in [0, 0.05) is 23.7 Å². The Morgan fingerprint density at radius 1 is 1.35 bits per heavy atom. The molecular weight excluding hydrogens is 276 g/mol. The SMILES string of the molecule is Cc1c(Cl)cccc1NC(=O)CN1CCCCCC1=O. The Hall–Kier alpha value is -1.55. The summed E-state index contributed by atoms with van der Waals surface area (Å²) in [5, 5.41) is 3.44. The fourth-order valence-corrected chi connectivity index (χ4v) is 2.49. The van der Waals surface area contributed by atoms with E-state index in [4.69, 9.17) is 11.6 Å². The van der Waals surface area contributed by atoms with Crippen molar-refractivity contribution in [3.63, 3.8) is 0 Å². The van der Waals surface area contributed by atoms with Crippen molar-refractivity contribution in [3.05, 3.63) is 28.8 Å². The van der Waals surface area contributed by atoms with E-state index in [1.165, 1.54) is 0 Å². The van der Waals surface area contributed by atoms with Gasteiger partial charge in [0.15, 0.2) is 0 Å². The number of carbonyl (C=O) groups is 2. The molecule has 1 saturated heterocycles. The van der Waals surface area contributed by atoms with Gasteiger partial charge in [-0.1, -0.05) is 24.1 Å². The zero-order valence-electron chi connectivity index (χ0n) is 11.6. The summed E-state index contributed by atoms with van der Waals surface area (Å²) in [7, 11) is 0. The minimum Gasteiger partial charge on any atom is -0.333 e. The first-order valence-electron chi connectivity index (χ1n) is 6.90. The highest BCUT2D eigenvalue weighted by Gasteiger charge is 2.19. The molecule has 1 fully saturated rings. The van der Waals surface area contributed by atoms with E-state index in [0.29, 0.717) is 23.7 Å². The summed E-state index contributed by atoms with van der Waals surface area (Å²) in [5.41, 5.74) is 1.54. The van der Waals surface area contributed by atoms with Crippen molar-refractivity contribution in [1.82, 2.24) is 4.90 Å². The molecule has 1 aromatic rings. The molecule has 20 heavy (non-hydrogen) atoms. The number of amides is 2. The lowest BCUT2D eigenvalue weighted by Gasteiger charge is -2.20. The number of likely N-dealkylation sites (tertiary alicyclic amines) is 1. The minimum absolute atomic E-state index is 0.0699. The van der Waals surface area contributed by atoms with Crippen LogP contribution in [0.1, 0.15) is 31.2 Å². The molecule has 1 aliphatic heterocycles. The Morgan fingerprint density at radius 2 is 2.15 bits per heavy atom. The number of halogens is 1. The third kappa shape index (κ3) is 3.73. The molecule has 108 valence electrons. The highest BCUT2D eigenvalue weighted by molar-refractivity contribution is 6.31. The average Bonchev–Trinajstić information content (AvgIpc) is 2.61. The molecule has 1 heterocycles. The van der Waals surface area contributed by atoms with E-state index < -0.39 is 0 Å². The quantitative estimate of drug-likeness (QED) is 0.931. The van der Waals surface area contributed by atoms with Crippen molar-refractivity contribution in [3.8, 4) is 0 Å². The van der Waals surface area contributed by atoms with Crippen LogP contribution in [0.15, 0.2) is 18.2 Å². The molecule has 0 unspecified atom stereocenters. The zero-order valence-corrected chi connectivity index (χ0v) is 12.4. The number of benzene rings is 1. The second-order valence-electron chi connectivity index (χ2n) is 5.09. The van der Waals surface area contributed by atoms with E-state index in [1.807, 2.05) is 13.0 Å². The van der Waals surface area contributed by atoms with Crippen molar-refractivity contribution in [2.24, 2.45) is 0 Å². The predicted molar refractivity (Wildman–Crippen MR) is 79.9 cm³/mol. The van der Waals surface area contributed by atoms with Gasteiger partial charge in [-0.05, 0) is 37.5 Å². The maximum absolute atomic E-state index is 12.1. The first kappa shape index (κ1) is 14.9. The highest BCUT2D eigenvalue weighted by atomic mass is 35.5. The Kier molecular flexibility index (Phi) is 5.01. The molecule has 1 aromatic carbocycles. The number of nitrogens with one attached hydrogen (secondary N) is 1. The van der Waals surface area contributed by atoms with Crippen LogP contribution in [-0.4, -0.2) is 29.8 Å². The smallest absolute Gasteiger partial charge is 0.244 e. The molecule has 2 amide bonds. The van der Waals surface area contributed by atoms with E-state index in [1.54, 1.807) is 17.0 Å². The lowest BCUT2D eigenvalue weighted by atomic mass is 10.2. The number of nitrogens with zero attached hydrogens (tertiary/aromatic N) is 1. The third-order valence-electron chi connectivity index (χ3n) is 3.55. The number of anilines is 1. The normalized spacial score (nSPS) is 15.9. The standard InChI is InChI=1S/C15H19ClN2O2/c1-11-12(16)6-5-7-13(11)17-14(19)10-18-9-4-2-3-8-15(18)20/h5-7H,2-4,8-10H2,1H3,(H,17,19). The second kappa shape index (κ2) is 6.75. The molecule has 0 bridgehead atoms. The summed E-state index contributed by atoms with van der Waals surface area (Å²) in [6.07, 6.45) is 3.49. The lowest BCUT2D eigenvalue weighted by Crippen LogP contribution is -2.37. The van der Waals surface area contributed by atoms with Gasteiger partial charge in [0.2, 0.25) is 11.8 Å². The topological polar surface area (TPSA) is 49.4 Å². The molecule has 4 nitrogen and oxygen atoms in total. The van der Waals surface area contributed by atoms with Crippen LogP contribution in [0.25, 0.3) is 0 Å². The van der Waals surface area contributed by atoms with Crippen LogP contribution in [0.3, 0.4) is 0 Å². The molecule has 0 radical (unpaired) electrons. The summed E-state index contributed by atoms with van der Waals surface area (Å²) in [6, 6.07) is 5.39. The summed E-state index contributed by atoms with van der Waals surface area (Å²) < 4.78 is 0. The highest BCUT2D eigenvalue weighted by Crippen LogP contribution is 2.23. The Morgan fingerprint density at radius 3 is 2.95 bits per heavy atom. The molecule has 0 atom stereocenters. The van der Waals surface area contributed by atoms with Crippen molar-refractivity contribution in [2.45, 2.75) is 32.6 Å². The molecule has 5 heteroatoms. The Bertz CT molecular complexity index is 517. The van der Waals surface area contributed by atoms with Crippen LogP contribution in [0, 0.1) is 6.92 Å². The Labute approximate surface area is 124 Å². The van der Waals surface area contributed by atoms with Crippen LogP contribution in [0.2, 0.25) is 5.02 Å².